The molecule has 1 atom stereocenters. The lowest BCUT2D eigenvalue weighted by Crippen LogP contribution is -2.29. The van der Waals surface area contributed by atoms with Gasteiger partial charge >= 0.3 is 5.97 Å². The van der Waals surface area contributed by atoms with E-state index < -0.39 is 5.97 Å². The normalized spacial score (nSPS) is 20.2. The first kappa shape index (κ1) is 13.1. The molecule has 0 radical (unpaired) electrons. The molecule has 0 aliphatic carbocycles. The monoisotopic (exact) mass is 249 g/mol. The van der Waals surface area contributed by atoms with Crippen LogP contribution in [0.25, 0.3) is 0 Å². The number of carbonyl (C=O) groups is 1. The molecule has 4 nitrogen and oxygen atoms in total. The summed E-state index contributed by atoms with van der Waals surface area (Å²) in [5.74, 6) is -0.888. The number of carboxylic acid groups (broad SMARTS) is 1. The maximum Gasteiger partial charge on any atom is 0.335 e. The summed E-state index contributed by atoms with van der Waals surface area (Å²) in [5.41, 5.74) is 1.46. The maximum atomic E-state index is 10.8. The molecule has 98 valence electrons. The van der Waals surface area contributed by atoms with E-state index in [0.717, 1.165) is 31.5 Å². The van der Waals surface area contributed by atoms with E-state index in [0.29, 0.717) is 11.6 Å². The molecule has 0 saturated carbocycles. The van der Waals surface area contributed by atoms with E-state index in [9.17, 15) is 4.79 Å². The number of benzene rings is 1. The van der Waals surface area contributed by atoms with Gasteiger partial charge in [0.05, 0.1) is 5.56 Å². The third-order valence-corrected chi connectivity index (χ3v) is 3.55. The van der Waals surface area contributed by atoms with Crippen molar-refractivity contribution in [3.8, 4) is 0 Å². The lowest BCUT2D eigenvalue weighted by Gasteiger charge is -2.23. The quantitative estimate of drug-likeness (QED) is 0.834. The Morgan fingerprint density at radius 1 is 1.33 bits per heavy atom. The number of likely N-dealkylation sites (tertiary alicyclic amines) is 1. The molecule has 0 amide bonds. The largest absolute Gasteiger partial charge is 0.478 e. The maximum absolute atomic E-state index is 10.8. The van der Waals surface area contributed by atoms with Gasteiger partial charge in [-0.25, -0.2) is 4.79 Å². The standard InChI is InChI=1S/C14H19NO3/c16-9-7-13-2-1-8-15(13)10-11-3-5-12(6-4-11)14(17)18/h3-6,13,16H,1-2,7-10H2,(H,17,18). The molecule has 1 aliphatic heterocycles. The van der Waals surface area contributed by atoms with E-state index in [1.54, 1.807) is 12.1 Å². The summed E-state index contributed by atoms with van der Waals surface area (Å²) in [4.78, 5) is 13.1. The van der Waals surface area contributed by atoms with Crippen molar-refractivity contribution in [1.82, 2.24) is 4.90 Å². The van der Waals surface area contributed by atoms with Crippen LogP contribution in [-0.4, -0.2) is 40.3 Å². The van der Waals surface area contributed by atoms with Crippen LogP contribution in [0.1, 0.15) is 35.2 Å². The number of hydrogen-bond donors (Lipinski definition) is 2. The Balaban J connectivity index is 1.98. The predicted molar refractivity (Wildman–Crippen MR) is 68.5 cm³/mol. The first-order chi connectivity index (χ1) is 8.70. The zero-order valence-corrected chi connectivity index (χ0v) is 10.4. The molecule has 0 bridgehead atoms. The minimum Gasteiger partial charge on any atom is -0.478 e. The summed E-state index contributed by atoms with van der Waals surface area (Å²) in [6.07, 6.45) is 3.15. The highest BCUT2D eigenvalue weighted by atomic mass is 16.4. The van der Waals surface area contributed by atoms with Crippen LogP contribution < -0.4 is 0 Å². The Morgan fingerprint density at radius 2 is 2.06 bits per heavy atom. The van der Waals surface area contributed by atoms with Gasteiger partial charge in [-0.3, -0.25) is 4.90 Å². The molecule has 2 rings (SSSR count). The van der Waals surface area contributed by atoms with Crippen molar-refractivity contribution in [3.63, 3.8) is 0 Å². The van der Waals surface area contributed by atoms with Crippen LogP contribution in [0, 0.1) is 0 Å². The first-order valence-electron chi connectivity index (χ1n) is 6.38. The number of carboxylic acids is 1. The van der Waals surface area contributed by atoms with Crippen LogP contribution in [0.4, 0.5) is 0 Å². The highest BCUT2D eigenvalue weighted by Gasteiger charge is 2.23. The van der Waals surface area contributed by atoms with Crippen molar-refractivity contribution in [2.24, 2.45) is 0 Å². The molecule has 0 spiro atoms. The summed E-state index contributed by atoms with van der Waals surface area (Å²) in [6.45, 7) is 2.13. The van der Waals surface area contributed by atoms with Crippen LogP contribution in [0.5, 0.6) is 0 Å². The number of hydrogen-bond acceptors (Lipinski definition) is 3. The minimum atomic E-state index is -0.888. The second kappa shape index (κ2) is 5.98. The van der Waals surface area contributed by atoms with Gasteiger partial charge in [0.25, 0.3) is 0 Å². The minimum absolute atomic E-state index is 0.235. The summed E-state index contributed by atoms with van der Waals surface area (Å²) >= 11 is 0. The average Bonchev–Trinajstić information content (AvgIpc) is 2.78. The van der Waals surface area contributed by atoms with Gasteiger partial charge in [-0.2, -0.15) is 0 Å². The van der Waals surface area contributed by atoms with Gasteiger partial charge in [0.1, 0.15) is 0 Å². The third kappa shape index (κ3) is 3.09. The van der Waals surface area contributed by atoms with Crippen LogP contribution in [0.2, 0.25) is 0 Å². The SMILES string of the molecule is O=C(O)c1ccc(CN2CCCC2CCO)cc1. The van der Waals surface area contributed by atoms with E-state index in [1.165, 1.54) is 6.42 Å². The second-order valence-electron chi connectivity index (χ2n) is 4.78. The fourth-order valence-corrected chi connectivity index (χ4v) is 2.57. The number of rotatable bonds is 5. The Hall–Kier alpha value is -1.39. The van der Waals surface area contributed by atoms with Crippen molar-refractivity contribution in [3.05, 3.63) is 35.4 Å². The van der Waals surface area contributed by atoms with Gasteiger partial charge in [-0.15, -0.1) is 0 Å². The molecular weight excluding hydrogens is 230 g/mol. The molecule has 18 heavy (non-hydrogen) atoms. The van der Waals surface area contributed by atoms with Crippen LogP contribution >= 0.6 is 0 Å². The van der Waals surface area contributed by atoms with Crippen LogP contribution in [-0.2, 0) is 6.54 Å². The van der Waals surface area contributed by atoms with Gasteiger partial charge in [0.15, 0.2) is 0 Å². The molecule has 0 aromatic heterocycles. The van der Waals surface area contributed by atoms with Crippen LogP contribution in [0.3, 0.4) is 0 Å². The van der Waals surface area contributed by atoms with Gasteiger partial charge in [-0.05, 0) is 43.5 Å². The number of aromatic carboxylic acids is 1. The van der Waals surface area contributed by atoms with Crippen molar-refractivity contribution in [2.75, 3.05) is 13.2 Å². The van der Waals surface area contributed by atoms with Gasteiger partial charge in [0.2, 0.25) is 0 Å². The van der Waals surface area contributed by atoms with Crippen molar-refractivity contribution >= 4 is 5.97 Å². The molecule has 1 aromatic rings. The Labute approximate surface area is 107 Å². The van der Waals surface area contributed by atoms with Crippen molar-refractivity contribution in [2.45, 2.75) is 31.8 Å². The second-order valence-corrected chi connectivity index (χ2v) is 4.78. The average molecular weight is 249 g/mol. The zero-order chi connectivity index (χ0) is 13.0. The lowest BCUT2D eigenvalue weighted by molar-refractivity contribution is 0.0697. The third-order valence-electron chi connectivity index (χ3n) is 3.55. The molecule has 1 aliphatic rings. The summed E-state index contributed by atoms with van der Waals surface area (Å²) in [6, 6.07) is 7.51. The molecule has 1 saturated heterocycles. The number of aliphatic hydroxyl groups excluding tert-OH is 1. The molecule has 1 aromatic carbocycles. The number of aliphatic hydroxyl groups is 1. The first-order valence-corrected chi connectivity index (χ1v) is 6.38. The fraction of sp³-hybridized carbons (Fsp3) is 0.500. The van der Waals surface area contributed by atoms with E-state index in [-0.39, 0.29) is 6.61 Å². The molecule has 1 heterocycles. The lowest BCUT2D eigenvalue weighted by atomic mass is 10.1. The van der Waals surface area contributed by atoms with Crippen molar-refractivity contribution in [1.29, 1.82) is 0 Å². The summed E-state index contributed by atoms with van der Waals surface area (Å²) in [5, 5.41) is 17.8. The smallest absolute Gasteiger partial charge is 0.335 e. The Morgan fingerprint density at radius 3 is 2.67 bits per heavy atom. The van der Waals surface area contributed by atoms with E-state index >= 15 is 0 Å². The van der Waals surface area contributed by atoms with Crippen molar-refractivity contribution < 1.29 is 15.0 Å². The molecule has 2 N–H and O–H groups in total. The Bertz CT molecular complexity index is 402. The molecule has 1 unspecified atom stereocenters. The Kier molecular flexibility index (Phi) is 4.33. The highest BCUT2D eigenvalue weighted by molar-refractivity contribution is 5.87. The van der Waals surface area contributed by atoms with Gasteiger partial charge < -0.3 is 10.2 Å². The predicted octanol–water partition coefficient (Wildman–Crippen LogP) is 1.73. The number of nitrogens with zero attached hydrogens (tertiary/aromatic N) is 1. The molecular formula is C14H19NO3. The van der Waals surface area contributed by atoms with Crippen LogP contribution in [0.15, 0.2) is 24.3 Å². The highest BCUT2D eigenvalue weighted by Crippen LogP contribution is 2.22. The van der Waals surface area contributed by atoms with Gasteiger partial charge in [0, 0.05) is 19.2 Å². The summed E-state index contributed by atoms with van der Waals surface area (Å²) < 4.78 is 0. The van der Waals surface area contributed by atoms with Gasteiger partial charge in [-0.1, -0.05) is 12.1 Å². The topological polar surface area (TPSA) is 60.8 Å². The molecule has 4 heteroatoms. The van der Waals surface area contributed by atoms with E-state index in [1.807, 2.05) is 12.1 Å². The zero-order valence-electron chi connectivity index (χ0n) is 10.4. The van der Waals surface area contributed by atoms with E-state index in [4.69, 9.17) is 10.2 Å². The van der Waals surface area contributed by atoms with E-state index in [2.05, 4.69) is 4.90 Å². The molecule has 1 fully saturated rings. The fourth-order valence-electron chi connectivity index (χ4n) is 2.57. The summed E-state index contributed by atoms with van der Waals surface area (Å²) in [7, 11) is 0.